The number of nitrogens with one attached hydrogen (secondary N) is 1. The number of benzene rings is 2. The second-order valence-electron chi connectivity index (χ2n) is 5.17. The first-order valence-corrected chi connectivity index (χ1v) is 7.99. The summed E-state index contributed by atoms with van der Waals surface area (Å²) in [6, 6.07) is 9.97. The highest BCUT2D eigenvalue weighted by atomic mass is 16.6. The standard InChI is InChI=1S/C17H14N2O4.C2H6/c1-23-17-6-11(10-20)2-3-12(17)7-13-9-18-16-5-4-14(19(21)22)8-15(13)16;1-2/h2-6,8-10,18H,7H2,1H3;1-2H3. The van der Waals surface area contributed by atoms with Crippen molar-refractivity contribution < 1.29 is 14.5 Å². The highest BCUT2D eigenvalue weighted by molar-refractivity contribution is 5.86. The van der Waals surface area contributed by atoms with Crippen LogP contribution in [0.4, 0.5) is 5.69 Å². The Labute approximate surface area is 145 Å². The summed E-state index contributed by atoms with van der Waals surface area (Å²) in [4.78, 5) is 24.5. The lowest BCUT2D eigenvalue weighted by Crippen LogP contribution is -1.95. The third-order valence-corrected chi connectivity index (χ3v) is 3.79. The largest absolute Gasteiger partial charge is 0.496 e. The molecule has 0 spiro atoms. The number of hydrogen-bond donors (Lipinski definition) is 1. The van der Waals surface area contributed by atoms with E-state index in [0.717, 1.165) is 28.3 Å². The maximum Gasteiger partial charge on any atom is 0.270 e. The van der Waals surface area contributed by atoms with Crippen LogP contribution in [0.2, 0.25) is 0 Å². The van der Waals surface area contributed by atoms with Gasteiger partial charge in [0.2, 0.25) is 0 Å². The summed E-state index contributed by atoms with van der Waals surface area (Å²) in [5, 5.41) is 11.8. The number of non-ortho nitro benzene ring substituents is 1. The SMILES string of the molecule is CC.COc1cc(C=O)ccc1Cc1c[nH]c2ccc([N+](=O)[O-])cc12. The van der Waals surface area contributed by atoms with Gasteiger partial charge in [-0.15, -0.1) is 0 Å². The van der Waals surface area contributed by atoms with Crippen LogP contribution in [0.5, 0.6) is 5.75 Å². The van der Waals surface area contributed by atoms with Crippen LogP contribution < -0.4 is 4.74 Å². The van der Waals surface area contributed by atoms with Gasteiger partial charge in [-0.3, -0.25) is 14.9 Å². The van der Waals surface area contributed by atoms with Crippen LogP contribution in [0.15, 0.2) is 42.6 Å². The van der Waals surface area contributed by atoms with Gasteiger partial charge in [0.05, 0.1) is 12.0 Å². The number of rotatable bonds is 5. The fourth-order valence-corrected chi connectivity index (χ4v) is 2.61. The van der Waals surface area contributed by atoms with E-state index >= 15 is 0 Å². The van der Waals surface area contributed by atoms with Crippen molar-refractivity contribution in [3.05, 3.63) is 69.4 Å². The van der Waals surface area contributed by atoms with Gasteiger partial charge < -0.3 is 9.72 Å². The summed E-state index contributed by atoms with van der Waals surface area (Å²) in [7, 11) is 1.55. The van der Waals surface area contributed by atoms with Crippen LogP contribution in [0.25, 0.3) is 10.9 Å². The molecule has 6 heteroatoms. The number of carbonyl (C=O) groups excluding carboxylic acids is 1. The second kappa shape index (κ2) is 8.10. The van der Waals surface area contributed by atoms with Gasteiger partial charge in [-0.2, -0.15) is 0 Å². The number of aromatic nitrogens is 1. The van der Waals surface area contributed by atoms with E-state index in [2.05, 4.69) is 4.98 Å². The van der Waals surface area contributed by atoms with E-state index < -0.39 is 4.92 Å². The Kier molecular flexibility index (Phi) is 5.89. The number of methoxy groups -OCH3 is 1. The first-order chi connectivity index (χ1) is 12.1. The number of aldehydes is 1. The molecule has 6 nitrogen and oxygen atoms in total. The van der Waals surface area contributed by atoms with Crippen molar-refractivity contribution in [1.82, 2.24) is 4.98 Å². The molecule has 0 aliphatic rings. The number of nitro benzene ring substituents is 1. The molecule has 0 bridgehead atoms. The Morgan fingerprint density at radius 2 is 1.92 bits per heavy atom. The van der Waals surface area contributed by atoms with Crippen LogP contribution in [0.3, 0.4) is 0 Å². The molecule has 3 rings (SSSR count). The molecule has 130 valence electrons. The fourth-order valence-electron chi connectivity index (χ4n) is 2.61. The lowest BCUT2D eigenvalue weighted by molar-refractivity contribution is -0.384. The van der Waals surface area contributed by atoms with Crippen LogP contribution in [0, 0.1) is 10.1 Å². The normalized spacial score (nSPS) is 10.0. The molecule has 1 aromatic heterocycles. The molecule has 0 saturated heterocycles. The smallest absolute Gasteiger partial charge is 0.270 e. The third kappa shape index (κ3) is 3.85. The molecule has 25 heavy (non-hydrogen) atoms. The van der Waals surface area contributed by atoms with E-state index in [-0.39, 0.29) is 5.69 Å². The fraction of sp³-hybridized carbons (Fsp3) is 0.211. The van der Waals surface area contributed by atoms with Crippen LogP contribution in [0.1, 0.15) is 35.3 Å². The number of hydrogen-bond acceptors (Lipinski definition) is 4. The lowest BCUT2D eigenvalue weighted by atomic mass is 10.0. The maximum absolute atomic E-state index is 10.9. The highest BCUT2D eigenvalue weighted by Gasteiger charge is 2.13. The summed E-state index contributed by atoms with van der Waals surface area (Å²) in [6.45, 7) is 4.00. The second-order valence-corrected chi connectivity index (χ2v) is 5.17. The molecular formula is C19H20N2O4. The average Bonchev–Trinajstić information content (AvgIpc) is 3.05. The Bertz CT molecular complexity index is 900. The van der Waals surface area contributed by atoms with Crippen molar-refractivity contribution in [3.63, 3.8) is 0 Å². The van der Waals surface area contributed by atoms with Gasteiger partial charge in [-0.25, -0.2) is 0 Å². The van der Waals surface area contributed by atoms with Gasteiger partial charge in [-0.05, 0) is 23.3 Å². The van der Waals surface area contributed by atoms with E-state index in [1.807, 2.05) is 26.1 Å². The van der Waals surface area contributed by atoms with Crippen molar-refractivity contribution in [2.45, 2.75) is 20.3 Å². The molecule has 2 aromatic carbocycles. The molecule has 0 radical (unpaired) electrons. The summed E-state index contributed by atoms with van der Waals surface area (Å²) in [5.74, 6) is 0.620. The molecule has 0 amide bonds. The Balaban J connectivity index is 0.00000109. The van der Waals surface area contributed by atoms with Gasteiger partial charge in [-0.1, -0.05) is 26.0 Å². The summed E-state index contributed by atoms with van der Waals surface area (Å²) in [6.07, 6.45) is 3.15. The summed E-state index contributed by atoms with van der Waals surface area (Å²) < 4.78 is 5.33. The van der Waals surface area contributed by atoms with E-state index in [1.165, 1.54) is 6.07 Å². The molecule has 1 heterocycles. The average molecular weight is 340 g/mol. The zero-order chi connectivity index (χ0) is 18.4. The minimum absolute atomic E-state index is 0.0571. The number of carbonyl (C=O) groups is 1. The van der Waals surface area contributed by atoms with E-state index in [9.17, 15) is 14.9 Å². The first kappa shape index (κ1) is 18.2. The predicted octanol–water partition coefficient (Wildman–Crippen LogP) is 4.51. The maximum atomic E-state index is 10.9. The first-order valence-electron chi connectivity index (χ1n) is 7.99. The van der Waals surface area contributed by atoms with Crippen molar-refractivity contribution >= 4 is 22.9 Å². The van der Waals surface area contributed by atoms with Gasteiger partial charge in [0.15, 0.2) is 0 Å². The Hall–Kier alpha value is -3.15. The van der Waals surface area contributed by atoms with E-state index in [4.69, 9.17) is 4.74 Å². The van der Waals surface area contributed by atoms with Crippen LogP contribution in [-0.4, -0.2) is 23.3 Å². The molecule has 0 aliphatic carbocycles. The minimum atomic E-state index is -0.407. The van der Waals surface area contributed by atoms with Gasteiger partial charge in [0.1, 0.15) is 12.0 Å². The van der Waals surface area contributed by atoms with Gasteiger partial charge in [0.25, 0.3) is 5.69 Å². The topological polar surface area (TPSA) is 85.2 Å². The minimum Gasteiger partial charge on any atom is -0.496 e. The highest BCUT2D eigenvalue weighted by Crippen LogP contribution is 2.28. The molecule has 0 aliphatic heterocycles. The van der Waals surface area contributed by atoms with E-state index in [1.54, 1.807) is 31.4 Å². The number of ether oxygens (including phenoxy) is 1. The zero-order valence-electron chi connectivity index (χ0n) is 14.4. The number of H-pyrrole nitrogens is 1. The molecule has 0 saturated carbocycles. The molecular weight excluding hydrogens is 320 g/mol. The molecule has 3 aromatic rings. The Morgan fingerprint density at radius 3 is 2.56 bits per heavy atom. The van der Waals surface area contributed by atoms with Crippen molar-refractivity contribution in [2.75, 3.05) is 7.11 Å². The number of nitro groups is 1. The van der Waals surface area contributed by atoms with Gasteiger partial charge in [0, 0.05) is 41.2 Å². The Morgan fingerprint density at radius 1 is 1.16 bits per heavy atom. The molecule has 0 fully saturated rings. The lowest BCUT2D eigenvalue weighted by Gasteiger charge is -2.08. The summed E-state index contributed by atoms with van der Waals surface area (Å²) in [5.41, 5.74) is 3.28. The van der Waals surface area contributed by atoms with Gasteiger partial charge >= 0.3 is 0 Å². The van der Waals surface area contributed by atoms with Crippen molar-refractivity contribution in [1.29, 1.82) is 0 Å². The number of fused-ring (bicyclic) bond motifs is 1. The van der Waals surface area contributed by atoms with Crippen molar-refractivity contribution in [3.8, 4) is 5.75 Å². The van der Waals surface area contributed by atoms with Crippen molar-refractivity contribution in [2.24, 2.45) is 0 Å². The quantitative estimate of drug-likeness (QED) is 0.420. The summed E-state index contributed by atoms with van der Waals surface area (Å²) >= 11 is 0. The predicted molar refractivity (Wildman–Crippen MR) is 97.5 cm³/mol. The van der Waals surface area contributed by atoms with Crippen LogP contribution >= 0.6 is 0 Å². The number of aromatic amines is 1. The van der Waals surface area contributed by atoms with E-state index in [0.29, 0.717) is 17.7 Å². The zero-order valence-corrected chi connectivity index (χ0v) is 14.4. The van der Waals surface area contributed by atoms with Crippen LogP contribution in [-0.2, 0) is 6.42 Å². The monoisotopic (exact) mass is 340 g/mol. The number of nitrogens with zero attached hydrogens (tertiary/aromatic N) is 1. The molecule has 0 unspecified atom stereocenters. The molecule has 1 N–H and O–H groups in total. The third-order valence-electron chi connectivity index (χ3n) is 3.79. The molecule has 0 atom stereocenters.